The van der Waals surface area contributed by atoms with Crippen LogP contribution in [0.15, 0.2) is 0 Å². The first kappa shape index (κ1) is 11.6. The van der Waals surface area contributed by atoms with Crippen molar-refractivity contribution in [1.82, 2.24) is 15.0 Å². The van der Waals surface area contributed by atoms with E-state index in [1.807, 2.05) is 20.8 Å². The summed E-state index contributed by atoms with van der Waals surface area (Å²) in [5.41, 5.74) is 5.73. The van der Waals surface area contributed by atoms with Crippen LogP contribution in [-0.4, -0.2) is 32.6 Å². The number of hydrogen-bond donors (Lipinski definition) is 2. The van der Waals surface area contributed by atoms with E-state index in [2.05, 4.69) is 10.3 Å². The van der Waals surface area contributed by atoms with Gasteiger partial charge in [0.05, 0.1) is 11.2 Å². The average molecular weight is 212 g/mol. The van der Waals surface area contributed by atoms with Gasteiger partial charge in [0.2, 0.25) is 0 Å². The summed E-state index contributed by atoms with van der Waals surface area (Å²) in [5.74, 6) is -1.06. The minimum absolute atomic E-state index is 0.00428. The Kier molecular flexibility index (Phi) is 3.09. The minimum atomic E-state index is -1.06. The molecule has 6 nitrogen and oxygen atoms in total. The molecule has 84 valence electrons. The fourth-order valence-corrected chi connectivity index (χ4v) is 1.37. The summed E-state index contributed by atoms with van der Waals surface area (Å²) in [5, 5.41) is 16.4. The number of hydrogen-bond acceptors (Lipinski definition) is 4. The summed E-state index contributed by atoms with van der Waals surface area (Å²) in [6, 6.07) is 0. The van der Waals surface area contributed by atoms with Crippen molar-refractivity contribution in [2.75, 3.05) is 6.54 Å². The number of carbonyl (C=O) groups is 1. The molecule has 0 saturated carbocycles. The van der Waals surface area contributed by atoms with Crippen LogP contribution in [-0.2, 0) is 12.0 Å². The van der Waals surface area contributed by atoms with Gasteiger partial charge in [-0.05, 0) is 27.3 Å². The van der Waals surface area contributed by atoms with E-state index in [1.165, 1.54) is 0 Å². The first-order valence-corrected chi connectivity index (χ1v) is 4.76. The van der Waals surface area contributed by atoms with Gasteiger partial charge in [0.25, 0.3) is 0 Å². The van der Waals surface area contributed by atoms with Crippen molar-refractivity contribution < 1.29 is 9.90 Å². The monoisotopic (exact) mass is 212 g/mol. The van der Waals surface area contributed by atoms with Crippen LogP contribution in [0.1, 0.15) is 37.0 Å². The van der Waals surface area contributed by atoms with Gasteiger partial charge in [-0.15, -0.1) is 5.10 Å². The van der Waals surface area contributed by atoms with E-state index in [0.717, 1.165) is 0 Å². The molecule has 0 spiro atoms. The van der Waals surface area contributed by atoms with Crippen molar-refractivity contribution in [2.45, 2.75) is 32.7 Å². The molecule has 0 aliphatic carbocycles. The Morgan fingerprint density at radius 2 is 2.13 bits per heavy atom. The highest BCUT2D eigenvalue weighted by Crippen LogP contribution is 2.17. The maximum atomic E-state index is 10.9. The Balaban J connectivity index is 3.24. The molecule has 0 atom stereocenters. The Morgan fingerprint density at radius 1 is 1.53 bits per heavy atom. The summed E-state index contributed by atoms with van der Waals surface area (Å²) in [4.78, 5) is 10.9. The van der Waals surface area contributed by atoms with Crippen molar-refractivity contribution >= 4 is 5.97 Å². The van der Waals surface area contributed by atoms with Crippen LogP contribution >= 0.6 is 0 Å². The number of nitrogens with zero attached hydrogens (tertiary/aromatic N) is 3. The van der Waals surface area contributed by atoms with Gasteiger partial charge in [-0.25, -0.2) is 9.48 Å². The maximum absolute atomic E-state index is 10.9. The maximum Gasteiger partial charge on any atom is 0.358 e. The lowest BCUT2D eigenvalue weighted by molar-refractivity contribution is 0.0689. The molecule has 1 aromatic heterocycles. The number of nitrogens with two attached hydrogens (primary N) is 1. The fraction of sp³-hybridized carbons (Fsp3) is 0.667. The molecule has 0 aliphatic heterocycles. The van der Waals surface area contributed by atoms with Crippen LogP contribution < -0.4 is 5.73 Å². The zero-order valence-electron chi connectivity index (χ0n) is 9.19. The molecule has 1 aromatic rings. The number of aromatic nitrogens is 3. The molecule has 0 aromatic carbocycles. The van der Waals surface area contributed by atoms with Crippen molar-refractivity contribution in [2.24, 2.45) is 5.73 Å². The molecule has 0 saturated heterocycles. The SMILES string of the molecule is CC(C)(C)n1nnc(C(=O)O)c1CCN. The van der Waals surface area contributed by atoms with E-state index >= 15 is 0 Å². The van der Waals surface area contributed by atoms with Crippen LogP contribution in [0.2, 0.25) is 0 Å². The van der Waals surface area contributed by atoms with Gasteiger partial charge in [0.15, 0.2) is 5.69 Å². The van der Waals surface area contributed by atoms with E-state index in [9.17, 15) is 4.79 Å². The lowest BCUT2D eigenvalue weighted by Crippen LogP contribution is -2.27. The summed E-state index contributed by atoms with van der Waals surface area (Å²) >= 11 is 0. The first-order chi connectivity index (χ1) is 6.88. The number of carboxylic acid groups (broad SMARTS) is 1. The molecule has 0 bridgehead atoms. The van der Waals surface area contributed by atoms with E-state index in [0.29, 0.717) is 18.7 Å². The molecule has 0 radical (unpaired) electrons. The zero-order chi connectivity index (χ0) is 11.6. The molecular weight excluding hydrogens is 196 g/mol. The van der Waals surface area contributed by atoms with E-state index in [1.54, 1.807) is 4.68 Å². The summed E-state index contributed by atoms with van der Waals surface area (Å²) < 4.78 is 1.61. The van der Waals surface area contributed by atoms with Gasteiger partial charge >= 0.3 is 5.97 Å². The van der Waals surface area contributed by atoms with Crippen molar-refractivity contribution in [3.63, 3.8) is 0 Å². The molecule has 15 heavy (non-hydrogen) atoms. The van der Waals surface area contributed by atoms with Gasteiger partial charge < -0.3 is 10.8 Å². The molecule has 0 unspecified atom stereocenters. The topological polar surface area (TPSA) is 94.0 Å². The van der Waals surface area contributed by atoms with Gasteiger partial charge in [0, 0.05) is 6.42 Å². The van der Waals surface area contributed by atoms with Gasteiger partial charge in [0.1, 0.15) is 0 Å². The third-order valence-electron chi connectivity index (χ3n) is 1.98. The standard InChI is InChI=1S/C9H16N4O2/c1-9(2,3)13-6(4-5-10)7(8(14)15)11-12-13/h4-5,10H2,1-3H3,(H,14,15). The highest BCUT2D eigenvalue weighted by molar-refractivity contribution is 5.86. The van der Waals surface area contributed by atoms with Gasteiger partial charge in [-0.3, -0.25) is 0 Å². The minimum Gasteiger partial charge on any atom is -0.476 e. The van der Waals surface area contributed by atoms with E-state index < -0.39 is 5.97 Å². The second-order valence-electron chi connectivity index (χ2n) is 4.31. The average Bonchev–Trinajstić information content (AvgIpc) is 2.47. The normalized spacial score (nSPS) is 11.7. The predicted octanol–water partition coefficient (Wildman–Crippen LogP) is 0.232. The highest BCUT2D eigenvalue weighted by atomic mass is 16.4. The zero-order valence-corrected chi connectivity index (χ0v) is 9.19. The fourth-order valence-electron chi connectivity index (χ4n) is 1.37. The second-order valence-corrected chi connectivity index (χ2v) is 4.31. The van der Waals surface area contributed by atoms with Crippen LogP contribution in [0.25, 0.3) is 0 Å². The molecule has 0 amide bonds. The lowest BCUT2D eigenvalue weighted by Gasteiger charge is -2.21. The van der Waals surface area contributed by atoms with Crippen molar-refractivity contribution in [3.8, 4) is 0 Å². The summed E-state index contributed by atoms with van der Waals surface area (Å²) in [7, 11) is 0. The quantitative estimate of drug-likeness (QED) is 0.748. The van der Waals surface area contributed by atoms with Crippen LogP contribution in [0.5, 0.6) is 0 Å². The molecule has 3 N–H and O–H groups in total. The number of rotatable bonds is 3. The molecule has 0 aliphatic rings. The lowest BCUT2D eigenvalue weighted by atomic mass is 10.1. The highest BCUT2D eigenvalue weighted by Gasteiger charge is 2.24. The summed E-state index contributed by atoms with van der Waals surface area (Å²) in [6.07, 6.45) is 0.464. The molecule has 0 fully saturated rings. The third-order valence-corrected chi connectivity index (χ3v) is 1.98. The van der Waals surface area contributed by atoms with Crippen LogP contribution in [0, 0.1) is 0 Å². The van der Waals surface area contributed by atoms with Crippen LogP contribution in [0.4, 0.5) is 0 Å². The molecule has 6 heteroatoms. The van der Waals surface area contributed by atoms with E-state index in [-0.39, 0.29) is 11.2 Å². The first-order valence-electron chi connectivity index (χ1n) is 4.76. The van der Waals surface area contributed by atoms with Gasteiger partial charge in [-0.1, -0.05) is 5.21 Å². The number of carboxylic acids is 1. The summed E-state index contributed by atoms with van der Waals surface area (Å²) in [6.45, 7) is 6.19. The van der Waals surface area contributed by atoms with Gasteiger partial charge in [-0.2, -0.15) is 0 Å². The van der Waals surface area contributed by atoms with Crippen molar-refractivity contribution in [1.29, 1.82) is 0 Å². The predicted molar refractivity (Wildman–Crippen MR) is 54.7 cm³/mol. The Morgan fingerprint density at radius 3 is 2.53 bits per heavy atom. The third kappa shape index (κ3) is 2.33. The largest absolute Gasteiger partial charge is 0.476 e. The van der Waals surface area contributed by atoms with Crippen LogP contribution in [0.3, 0.4) is 0 Å². The van der Waals surface area contributed by atoms with E-state index in [4.69, 9.17) is 10.8 Å². The Bertz CT molecular complexity index is 365. The molecule has 1 heterocycles. The molecular formula is C9H16N4O2. The Labute approximate surface area is 88.1 Å². The smallest absolute Gasteiger partial charge is 0.358 e. The molecule has 1 rings (SSSR count). The Hall–Kier alpha value is -1.43. The second kappa shape index (κ2) is 3.98. The number of aromatic carboxylic acids is 1. The van der Waals surface area contributed by atoms with Crippen molar-refractivity contribution in [3.05, 3.63) is 11.4 Å².